The second kappa shape index (κ2) is 6.51. The van der Waals surface area contributed by atoms with E-state index in [9.17, 15) is 9.59 Å². The van der Waals surface area contributed by atoms with E-state index in [1.54, 1.807) is 18.3 Å². The van der Waals surface area contributed by atoms with Gasteiger partial charge in [0, 0.05) is 9.77 Å². The lowest BCUT2D eigenvalue weighted by atomic mass is 10.2. The Balaban J connectivity index is 2.05. The molecule has 0 saturated heterocycles. The Morgan fingerprint density at radius 3 is 2.85 bits per heavy atom. The number of nitrogens with zero attached hydrogens (tertiary/aromatic N) is 2. The van der Waals surface area contributed by atoms with E-state index in [4.69, 9.17) is 0 Å². The van der Waals surface area contributed by atoms with Gasteiger partial charge < -0.3 is 10.1 Å². The van der Waals surface area contributed by atoms with Crippen LogP contribution in [0.3, 0.4) is 0 Å². The number of nitrogens with one attached hydrogen (secondary N) is 1. The SMILES string of the molecule is COC(=O)Cn1cc(NC(=O)c2ccccc2I)cn1. The van der Waals surface area contributed by atoms with Crippen LogP contribution < -0.4 is 5.32 Å². The molecule has 1 heterocycles. The minimum absolute atomic E-state index is 0.00917. The van der Waals surface area contributed by atoms with Gasteiger partial charge in [0.2, 0.25) is 0 Å². The Morgan fingerprint density at radius 2 is 2.15 bits per heavy atom. The molecule has 2 aromatic rings. The van der Waals surface area contributed by atoms with E-state index < -0.39 is 5.97 Å². The second-order valence-corrected chi connectivity index (χ2v) is 5.10. The number of hydrogen-bond acceptors (Lipinski definition) is 4. The molecule has 0 aliphatic rings. The number of halogens is 1. The van der Waals surface area contributed by atoms with Crippen LogP contribution >= 0.6 is 22.6 Å². The second-order valence-electron chi connectivity index (χ2n) is 3.94. The van der Waals surface area contributed by atoms with Crippen molar-refractivity contribution in [2.75, 3.05) is 12.4 Å². The van der Waals surface area contributed by atoms with Crippen molar-refractivity contribution in [3.63, 3.8) is 0 Å². The Hall–Kier alpha value is -1.90. The molecule has 0 aliphatic carbocycles. The lowest BCUT2D eigenvalue weighted by Crippen LogP contribution is -2.13. The van der Waals surface area contributed by atoms with Crippen LogP contribution in [-0.4, -0.2) is 28.8 Å². The van der Waals surface area contributed by atoms with Gasteiger partial charge in [-0.05, 0) is 34.7 Å². The van der Waals surface area contributed by atoms with Gasteiger partial charge in [-0.3, -0.25) is 14.3 Å². The van der Waals surface area contributed by atoms with Gasteiger partial charge in [0.15, 0.2) is 0 Å². The smallest absolute Gasteiger partial charge is 0.327 e. The van der Waals surface area contributed by atoms with Gasteiger partial charge in [-0.1, -0.05) is 12.1 Å². The maximum absolute atomic E-state index is 12.1. The zero-order valence-corrected chi connectivity index (χ0v) is 12.8. The highest BCUT2D eigenvalue weighted by Crippen LogP contribution is 2.14. The molecule has 0 radical (unpaired) electrons. The fraction of sp³-hybridized carbons (Fsp3) is 0.154. The summed E-state index contributed by atoms with van der Waals surface area (Å²) in [6.45, 7) is 0.00917. The number of ether oxygens (including phenoxy) is 1. The molecule has 0 atom stereocenters. The first-order valence-corrected chi connectivity index (χ1v) is 6.83. The summed E-state index contributed by atoms with van der Waals surface area (Å²) < 4.78 is 6.81. The molecule has 0 fully saturated rings. The van der Waals surface area contributed by atoms with Gasteiger partial charge in [-0.2, -0.15) is 5.10 Å². The molecule has 20 heavy (non-hydrogen) atoms. The molecule has 2 rings (SSSR count). The van der Waals surface area contributed by atoms with Crippen LogP contribution in [0.1, 0.15) is 10.4 Å². The molecule has 0 bridgehead atoms. The van der Waals surface area contributed by atoms with Crippen LogP contribution in [0.25, 0.3) is 0 Å². The van der Waals surface area contributed by atoms with Crippen molar-refractivity contribution in [1.29, 1.82) is 0 Å². The van der Waals surface area contributed by atoms with Crippen LogP contribution in [0.5, 0.6) is 0 Å². The monoisotopic (exact) mass is 385 g/mol. The summed E-state index contributed by atoms with van der Waals surface area (Å²) in [5.41, 5.74) is 1.12. The number of esters is 1. The lowest BCUT2D eigenvalue weighted by molar-refractivity contribution is -0.141. The molecule has 7 heteroatoms. The molecular formula is C13H12IN3O3. The number of methoxy groups -OCH3 is 1. The van der Waals surface area contributed by atoms with Crippen LogP contribution in [-0.2, 0) is 16.1 Å². The minimum Gasteiger partial charge on any atom is -0.468 e. The minimum atomic E-state index is -0.399. The average Bonchev–Trinajstić information content (AvgIpc) is 2.86. The van der Waals surface area contributed by atoms with Crippen molar-refractivity contribution in [2.45, 2.75) is 6.54 Å². The predicted octanol–water partition coefficient (Wildman–Crippen LogP) is 1.91. The van der Waals surface area contributed by atoms with E-state index in [0.717, 1.165) is 3.57 Å². The standard InChI is InChI=1S/C13H12IN3O3/c1-20-12(18)8-17-7-9(6-15-17)16-13(19)10-4-2-3-5-11(10)14/h2-7H,8H2,1H3,(H,16,19). The zero-order valence-electron chi connectivity index (χ0n) is 10.7. The average molecular weight is 385 g/mol. The zero-order chi connectivity index (χ0) is 14.5. The van der Waals surface area contributed by atoms with E-state index >= 15 is 0 Å². The predicted molar refractivity (Wildman–Crippen MR) is 81.4 cm³/mol. The number of anilines is 1. The summed E-state index contributed by atoms with van der Waals surface area (Å²) in [7, 11) is 1.31. The summed E-state index contributed by atoms with van der Waals surface area (Å²) in [5, 5.41) is 6.70. The van der Waals surface area contributed by atoms with E-state index in [-0.39, 0.29) is 12.5 Å². The summed E-state index contributed by atoms with van der Waals surface area (Å²) >= 11 is 2.10. The third kappa shape index (κ3) is 3.56. The van der Waals surface area contributed by atoms with Gasteiger partial charge >= 0.3 is 5.97 Å². The summed E-state index contributed by atoms with van der Waals surface area (Å²) in [6, 6.07) is 7.27. The Kier molecular flexibility index (Phi) is 4.72. The Bertz CT molecular complexity index is 639. The van der Waals surface area contributed by atoms with E-state index in [1.165, 1.54) is 18.0 Å². The first-order valence-electron chi connectivity index (χ1n) is 5.75. The largest absolute Gasteiger partial charge is 0.468 e. The number of carbonyl (C=O) groups excluding carboxylic acids is 2. The van der Waals surface area contributed by atoms with E-state index in [1.807, 2.05) is 12.1 Å². The summed E-state index contributed by atoms with van der Waals surface area (Å²) in [5.74, 6) is -0.615. The molecule has 1 amide bonds. The molecule has 0 aliphatic heterocycles. The highest BCUT2D eigenvalue weighted by molar-refractivity contribution is 14.1. The lowest BCUT2D eigenvalue weighted by Gasteiger charge is -2.04. The van der Waals surface area contributed by atoms with Crippen LogP contribution in [0.15, 0.2) is 36.7 Å². The van der Waals surface area contributed by atoms with Crippen molar-refractivity contribution >= 4 is 40.2 Å². The molecular weight excluding hydrogens is 373 g/mol. The van der Waals surface area contributed by atoms with Gasteiger partial charge in [-0.15, -0.1) is 0 Å². The van der Waals surface area contributed by atoms with Gasteiger partial charge in [-0.25, -0.2) is 0 Å². The molecule has 1 N–H and O–H groups in total. The number of amides is 1. The van der Waals surface area contributed by atoms with Crippen LogP contribution in [0.2, 0.25) is 0 Å². The van der Waals surface area contributed by atoms with E-state index in [0.29, 0.717) is 11.3 Å². The topological polar surface area (TPSA) is 73.2 Å². The van der Waals surface area contributed by atoms with Crippen molar-refractivity contribution in [1.82, 2.24) is 9.78 Å². The van der Waals surface area contributed by atoms with Gasteiger partial charge in [0.05, 0.1) is 24.6 Å². The molecule has 104 valence electrons. The number of aromatic nitrogens is 2. The third-order valence-electron chi connectivity index (χ3n) is 2.53. The Labute approximate surface area is 129 Å². The summed E-state index contributed by atoms with van der Waals surface area (Å²) in [6.07, 6.45) is 3.06. The first kappa shape index (κ1) is 14.5. The molecule has 0 spiro atoms. The van der Waals surface area contributed by atoms with Crippen molar-refractivity contribution in [3.05, 3.63) is 45.8 Å². The highest BCUT2D eigenvalue weighted by Gasteiger charge is 2.11. The normalized spacial score (nSPS) is 10.1. The maximum Gasteiger partial charge on any atom is 0.327 e. The summed E-state index contributed by atoms with van der Waals surface area (Å²) in [4.78, 5) is 23.2. The fourth-order valence-electron chi connectivity index (χ4n) is 1.56. The van der Waals surface area contributed by atoms with Gasteiger partial charge in [0.25, 0.3) is 5.91 Å². The van der Waals surface area contributed by atoms with Crippen molar-refractivity contribution < 1.29 is 14.3 Å². The maximum atomic E-state index is 12.1. The molecule has 6 nitrogen and oxygen atoms in total. The van der Waals surface area contributed by atoms with Crippen LogP contribution in [0, 0.1) is 3.57 Å². The molecule has 0 unspecified atom stereocenters. The van der Waals surface area contributed by atoms with Crippen LogP contribution in [0.4, 0.5) is 5.69 Å². The fourth-order valence-corrected chi connectivity index (χ4v) is 2.19. The quantitative estimate of drug-likeness (QED) is 0.645. The van der Waals surface area contributed by atoms with Gasteiger partial charge in [0.1, 0.15) is 6.54 Å². The number of carbonyl (C=O) groups is 2. The highest BCUT2D eigenvalue weighted by atomic mass is 127. The Morgan fingerprint density at radius 1 is 1.40 bits per heavy atom. The molecule has 1 aromatic carbocycles. The van der Waals surface area contributed by atoms with Crippen molar-refractivity contribution in [3.8, 4) is 0 Å². The number of rotatable bonds is 4. The first-order chi connectivity index (χ1) is 9.60. The molecule has 0 saturated carbocycles. The third-order valence-corrected chi connectivity index (χ3v) is 3.47. The van der Waals surface area contributed by atoms with E-state index in [2.05, 4.69) is 37.7 Å². The molecule has 1 aromatic heterocycles. The number of hydrogen-bond donors (Lipinski definition) is 1. The number of benzene rings is 1. The van der Waals surface area contributed by atoms with Crippen molar-refractivity contribution in [2.24, 2.45) is 0 Å².